The number of anilines is 2. The highest BCUT2D eigenvalue weighted by Gasteiger charge is 2.09. The van der Waals surface area contributed by atoms with Crippen LogP contribution in [0.15, 0.2) is 22.7 Å². The van der Waals surface area contributed by atoms with Crippen molar-refractivity contribution in [3.63, 3.8) is 0 Å². The van der Waals surface area contributed by atoms with E-state index in [-0.39, 0.29) is 0 Å². The molecule has 0 saturated carbocycles. The zero-order valence-electron chi connectivity index (χ0n) is 12.3. The lowest BCUT2D eigenvalue weighted by atomic mass is 10.2. The molecule has 0 aromatic heterocycles. The number of nitrogens with zero attached hydrogens (tertiary/aromatic N) is 2. The Balaban J connectivity index is 2.58. The Morgan fingerprint density at radius 2 is 1.74 bits per heavy atom. The number of nitrogen functional groups attached to an aromatic ring is 1. The highest BCUT2D eigenvalue weighted by molar-refractivity contribution is 9.10. The van der Waals surface area contributed by atoms with Crippen molar-refractivity contribution in [3.8, 4) is 0 Å². The summed E-state index contributed by atoms with van der Waals surface area (Å²) in [5.74, 6) is 0. The van der Waals surface area contributed by atoms with Crippen molar-refractivity contribution in [2.24, 2.45) is 0 Å². The van der Waals surface area contributed by atoms with Crippen molar-refractivity contribution in [3.05, 3.63) is 22.7 Å². The number of hydrogen-bond acceptors (Lipinski definition) is 3. The van der Waals surface area contributed by atoms with E-state index < -0.39 is 0 Å². The molecule has 0 aliphatic rings. The van der Waals surface area contributed by atoms with Gasteiger partial charge >= 0.3 is 0 Å². The first kappa shape index (κ1) is 16.3. The third-order valence-electron chi connectivity index (χ3n) is 3.51. The topological polar surface area (TPSA) is 32.5 Å². The Morgan fingerprint density at radius 3 is 2.26 bits per heavy atom. The third-order valence-corrected chi connectivity index (χ3v) is 4.00. The van der Waals surface area contributed by atoms with Crippen LogP contribution in [0, 0.1) is 0 Å². The van der Waals surface area contributed by atoms with Crippen LogP contribution in [-0.2, 0) is 0 Å². The van der Waals surface area contributed by atoms with Crippen molar-refractivity contribution in [2.75, 3.05) is 43.4 Å². The molecular weight excluding hydrogens is 302 g/mol. The molecule has 0 fully saturated rings. The van der Waals surface area contributed by atoms with Crippen LogP contribution < -0.4 is 10.6 Å². The van der Waals surface area contributed by atoms with Crippen molar-refractivity contribution >= 4 is 27.3 Å². The maximum Gasteiger partial charge on any atom is 0.0600 e. The van der Waals surface area contributed by atoms with Gasteiger partial charge in [-0.15, -0.1) is 0 Å². The molecule has 108 valence electrons. The number of benzene rings is 1. The van der Waals surface area contributed by atoms with Crippen LogP contribution in [0.3, 0.4) is 0 Å². The van der Waals surface area contributed by atoms with Gasteiger partial charge < -0.3 is 15.5 Å². The van der Waals surface area contributed by atoms with Crippen LogP contribution in [0.2, 0.25) is 0 Å². The van der Waals surface area contributed by atoms with E-state index >= 15 is 0 Å². The molecule has 0 radical (unpaired) electrons. The maximum atomic E-state index is 6.10. The largest absolute Gasteiger partial charge is 0.397 e. The first-order chi connectivity index (χ1) is 9.12. The lowest BCUT2D eigenvalue weighted by Crippen LogP contribution is -2.30. The third kappa shape index (κ3) is 5.03. The first-order valence-electron chi connectivity index (χ1n) is 7.14. The highest BCUT2D eigenvalue weighted by atomic mass is 79.9. The minimum Gasteiger partial charge on any atom is -0.397 e. The first-order valence-corrected chi connectivity index (χ1v) is 7.93. The number of hydrogen-bond donors (Lipinski definition) is 1. The monoisotopic (exact) mass is 327 g/mol. The summed E-state index contributed by atoms with van der Waals surface area (Å²) in [6.45, 7) is 12.1. The fraction of sp³-hybridized carbons (Fsp3) is 0.600. The van der Waals surface area contributed by atoms with Gasteiger partial charge in [0, 0.05) is 17.6 Å². The number of nitrogens with two attached hydrogens (primary N) is 1. The van der Waals surface area contributed by atoms with Gasteiger partial charge in [-0.25, -0.2) is 0 Å². The van der Waals surface area contributed by atoms with Gasteiger partial charge in [0.15, 0.2) is 0 Å². The fourth-order valence-corrected chi connectivity index (χ4v) is 2.67. The lowest BCUT2D eigenvalue weighted by molar-refractivity contribution is 0.301. The smallest absolute Gasteiger partial charge is 0.0600 e. The van der Waals surface area contributed by atoms with Crippen molar-refractivity contribution in [1.29, 1.82) is 0 Å². The summed E-state index contributed by atoms with van der Waals surface area (Å²) in [7, 11) is 0. The second-order valence-corrected chi connectivity index (χ2v) is 5.58. The molecule has 0 unspecified atom stereocenters. The molecule has 3 nitrogen and oxygen atoms in total. The fourth-order valence-electron chi connectivity index (χ4n) is 2.29. The van der Waals surface area contributed by atoms with Crippen LogP contribution in [0.4, 0.5) is 11.4 Å². The summed E-state index contributed by atoms with van der Waals surface area (Å²) in [6.07, 6.45) is 1.17. The van der Waals surface area contributed by atoms with Gasteiger partial charge in [0.25, 0.3) is 0 Å². The van der Waals surface area contributed by atoms with Gasteiger partial charge in [0.1, 0.15) is 0 Å². The van der Waals surface area contributed by atoms with E-state index in [4.69, 9.17) is 5.73 Å². The number of halogens is 1. The Bertz CT molecular complexity index is 378. The minimum absolute atomic E-state index is 0.846. The molecule has 0 saturated heterocycles. The molecule has 1 aromatic carbocycles. The molecule has 0 aliphatic carbocycles. The Morgan fingerprint density at radius 1 is 1.05 bits per heavy atom. The normalized spacial score (nSPS) is 11.0. The summed E-state index contributed by atoms with van der Waals surface area (Å²) in [5.41, 5.74) is 8.09. The lowest BCUT2D eigenvalue weighted by Gasteiger charge is -2.26. The zero-order chi connectivity index (χ0) is 14.3. The molecule has 4 heteroatoms. The molecule has 0 amide bonds. The molecule has 0 heterocycles. The summed E-state index contributed by atoms with van der Waals surface area (Å²) >= 11 is 3.45. The minimum atomic E-state index is 0.846. The quantitative estimate of drug-likeness (QED) is 0.740. The molecule has 0 spiro atoms. The van der Waals surface area contributed by atoms with Crippen molar-refractivity contribution in [2.45, 2.75) is 27.2 Å². The summed E-state index contributed by atoms with van der Waals surface area (Å²) in [5, 5.41) is 0. The van der Waals surface area contributed by atoms with Crippen molar-refractivity contribution in [1.82, 2.24) is 4.90 Å². The van der Waals surface area contributed by atoms with E-state index in [1.807, 2.05) is 6.07 Å². The van der Waals surface area contributed by atoms with Gasteiger partial charge in [-0.3, -0.25) is 0 Å². The average molecular weight is 328 g/mol. The second kappa shape index (κ2) is 8.43. The molecule has 0 aliphatic heterocycles. The van der Waals surface area contributed by atoms with Gasteiger partial charge in [-0.1, -0.05) is 29.8 Å². The van der Waals surface area contributed by atoms with E-state index in [9.17, 15) is 0 Å². The van der Waals surface area contributed by atoms with E-state index in [0.717, 1.165) is 48.6 Å². The zero-order valence-corrected chi connectivity index (χ0v) is 13.9. The summed E-state index contributed by atoms with van der Waals surface area (Å²) in [4.78, 5) is 4.81. The second-order valence-electron chi connectivity index (χ2n) is 4.66. The molecule has 2 N–H and O–H groups in total. The van der Waals surface area contributed by atoms with Gasteiger partial charge in [-0.05, 0) is 51.2 Å². The van der Waals surface area contributed by atoms with Crippen molar-refractivity contribution < 1.29 is 0 Å². The standard InChI is InChI=1S/C15H26BrN3/c1-4-18(5-2)10-7-11-19(6-3)15-9-8-13(16)12-14(15)17/h8-9,12H,4-7,10-11,17H2,1-3H3. The van der Waals surface area contributed by atoms with Crippen LogP contribution in [-0.4, -0.2) is 37.6 Å². The van der Waals surface area contributed by atoms with Crippen LogP contribution in [0.1, 0.15) is 27.2 Å². The average Bonchev–Trinajstić information content (AvgIpc) is 2.40. The highest BCUT2D eigenvalue weighted by Crippen LogP contribution is 2.26. The van der Waals surface area contributed by atoms with Crippen LogP contribution >= 0.6 is 15.9 Å². The van der Waals surface area contributed by atoms with E-state index in [0.29, 0.717) is 0 Å². The van der Waals surface area contributed by atoms with Crippen LogP contribution in [0.5, 0.6) is 0 Å². The number of rotatable bonds is 8. The van der Waals surface area contributed by atoms with Gasteiger partial charge in [0.05, 0.1) is 11.4 Å². The van der Waals surface area contributed by atoms with E-state index in [2.05, 4.69) is 58.6 Å². The summed E-state index contributed by atoms with van der Waals surface area (Å²) < 4.78 is 1.04. The molecule has 1 rings (SSSR count). The SMILES string of the molecule is CCN(CC)CCCN(CC)c1ccc(Br)cc1N. The maximum absolute atomic E-state index is 6.10. The van der Waals surface area contributed by atoms with Crippen LogP contribution in [0.25, 0.3) is 0 Å². The molecule has 0 bridgehead atoms. The van der Waals surface area contributed by atoms with E-state index in [1.54, 1.807) is 0 Å². The molecular formula is C15H26BrN3. The molecule has 19 heavy (non-hydrogen) atoms. The predicted octanol–water partition coefficient (Wildman–Crippen LogP) is 3.59. The Kier molecular flexibility index (Phi) is 7.24. The van der Waals surface area contributed by atoms with Gasteiger partial charge in [-0.2, -0.15) is 0 Å². The molecule has 0 atom stereocenters. The van der Waals surface area contributed by atoms with Gasteiger partial charge in [0.2, 0.25) is 0 Å². The molecule has 1 aromatic rings. The van der Waals surface area contributed by atoms with E-state index in [1.165, 1.54) is 6.42 Å². The predicted molar refractivity (Wildman–Crippen MR) is 88.8 cm³/mol. The summed E-state index contributed by atoms with van der Waals surface area (Å²) in [6, 6.07) is 6.13. The Labute approximate surface area is 125 Å². The Hall–Kier alpha value is -0.740.